The first kappa shape index (κ1) is 13.2. The van der Waals surface area contributed by atoms with E-state index >= 15 is 0 Å². The maximum absolute atomic E-state index is 7.03. The van der Waals surface area contributed by atoms with Crippen LogP contribution in [0.5, 0.6) is 0 Å². The summed E-state index contributed by atoms with van der Waals surface area (Å²) in [5, 5.41) is 6.87. The molecule has 0 atom stereocenters. The lowest BCUT2D eigenvalue weighted by atomic mass is 10.1. The smallest absolute Gasteiger partial charge is 0.0937 e. The van der Waals surface area contributed by atoms with Crippen LogP contribution in [-0.4, -0.2) is 12.5 Å². The molecule has 0 amide bonds. The fourth-order valence-corrected chi connectivity index (χ4v) is 1.70. The standard InChI is InChI=1S/C11H9N3S.CH5N/c12-13-14(8-15)11-7-3-5-9-4-1-2-6-10(9)11;1-2/h1-8,12H;2H2,1H3. The number of anilines is 1. The Hall–Kier alpha value is -1.85. The zero-order valence-electron chi connectivity index (χ0n) is 9.50. The molecule has 4 nitrogen and oxygen atoms in total. The number of thiocarbonyl (C=S) groups is 1. The van der Waals surface area contributed by atoms with Crippen molar-refractivity contribution < 1.29 is 0 Å². The summed E-state index contributed by atoms with van der Waals surface area (Å²) in [7, 11) is 1.50. The van der Waals surface area contributed by atoms with Crippen molar-refractivity contribution in [2.75, 3.05) is 12.1 Å². The van der Waals surface area contributed by atoms with Gasteiger partial charge < -0.3 is 5.73 Å². The first-order valence-corrected chi connectivity index (χ1v) is 5.51. The van der Waals surface area contributed by atoms with Gasteiger partial charge in [0.25, 0.3) is 0 Å². The second kappa shape index (κ2) is 6.67. The van der Waals surface area contributed by atoms with E-state index in [0.717, 1.165) is 16.5 Å². The van der Waals surface area contributed by atoms with E-state index in [0.29, 0.717) is 0 Å². The highest BCUT2D eigenvalue weighted by atomic mass is 32.1. The molecule has 3 N–H and O–H groups in total. The molecule has 0 fully saturated rings. The minimum Gasteiger partial charge on any atom is -0.333 e. The Morgan fingerprint density at radius 2 is 1.82 bits per heavy atom. The quantitative estimate of drug-likeness (QED) is 0.497. The van der Waals surface area contributed by atoms with Gasteiger partial charge >= 0.3 is 0 Å². The summed E-state index contributed by atoms with van der Waals surface area (Å²) < 4.78 is 0. The second-order valence-corrected chi connectivity index (χ2v) is 3.26. The van der Waals surface area contributed by atoms with Crippen molar-refractivity contribution in [2.45, 2.75) is 0 Å². The molecule has 0 spiro atoms. The van der Waals surface area contributed by atoms with Gasteiger partial charge in [-0.15, -0.1) is 0 Å². The molecule has 0 radical (unpaired) electrons. The normalized spacial score (nSPS) is 9.06. The summed E-state index contributed by atoms with van der Waals surface area (Å²) in [6, 6.07) is 13.8. The van der Waals surface area contributed by atoms with Gasteiger partial charge in [0.15, 0.2) is 0 Å². The molecular formula is C12H14N4S. The largest absolute Gasteiger partial charge is 0.333 e. The Labute approximate surface area is 106 Å². The number of nitrogens with two attached hydrogens (primary N) is 1. The molecule has 88 valence electrons. The van der Waals surface area contributed by atoms with Crippen LogP contribution in [0.25, 0.3) is 10.8 Å². The molecular weight excluding hydrogens is 232 g/mol. The number of benzene rings is 2. The van der Waals surface area contributed by atoms with Crippen LogP contribution in [0.1, 0.15) is 0 Å². The lowest BCUT2D eigenvalue weighted by Crippen LogP contribution is -2.10. The Bertz CT molecular complexity index is 499. The molecule has 0 aliphatic heterocycles. The summed E-state index contributed by atoms with van der Waals surface area (Å²) in [5.41, 5.74) is 13.7. The van der Waals surface area contributed by atoms with Gasteiger partial charge in [-0.1, -0.05) is 53.8 Å². The minimum absolute atomic E-state index is 0.832. The summed E-state index contributed by atoms with van der Waals surface area (Å²) >= 11 is 4.80. The lowest BCUT2D eigenvalue weighted by molar-refractivity contribution is 0.967. The molecule has 2 aromatic rings. The molecule has 2 aromatic carbocycles. The average molecular weight is 246 g/mol. The predicted octanol–water partition coefficient (Wildman–Crippen LogP) is 3.12. The van der Waals surface area contributed by atoms with Gasteiger partial charge in [0, 0.05) is 5.39 Å². The van der Waals surface area contributed by atoms with E-state index in [2.05, 4.69) is 11.0 Å². The van der Waals surface area contributed by atoms with Gasteiger partial charge in [-0.3, -0.25) is 0 Å². The van der Waals surface area contributed by atoms with Crippen molar-refractivity contribution in [1.82, 2.24) is 0 Å². The molecule has 0 aliphatic rings. The highest BCUT2D eigenvalue weighted by Crippen LogP contribution is 2.25. The number of nitrogens with one attached hydrogen (secondary N) is 1. The topological polar surface area (TPSA) is 65.5 Å². The maximum Gasteiger partial charge on any atom is 0.0937 e. The molecule has 0 bridgehead atoms. The van der Waals surface area contributed by atoms with Crippen LogP contribution >= 0.6 is 12.2 Å². The number of rotatable bonds is 3. The Morgan fingerprint density at radius 3 is 2.47 bits per heavy atom. The number of hydrogen-bond acceptors (Lipinski definition) is 4. The predicted molar refractivity (Wildman–Crippen MR) is 75.3 cm³/mol. The fraction of sp³-hybridized carbons (Fsp3) is 0.0833. The molecule has 0 saturated carbocycles. The third-order valence-electron chi connectivity index (χ3n) is 2.22. The van der Waals surface area contributed by atoms with Gasteiger partial charge in [0.1, 0.15) is 0 Å². The van der Waals surface area contributed by atoms with Crippen molar-refractivity contribution in [2.24, 2.45) is 11.0 Å². The van der Waals surface area contributed by atoms with Crippen LogP contribution in [0.3, 0.4) is 0 Å². The van der Waals surface area contributed by atoms with Crippen molar-refractivity contribution in [1.29, 1.82) is 5.53 Å². The lowest BCUT2D eigenvalue weighted by Gasteiger charge is -2.12. The molecule has 5 heteroatoms. The SMILES string of the molecule is CN.N=NN(C=S)c1cccc2ccccc12. The molecule has 2 rings (SSSR count). The third-order valence-corrected chi connectivity index (χ3v) is 2.42. The summed E-state index contributed by atoms with van der Waals surface area (Å²) in [5.74, 6) is 0. The Kier molecular flexibility index (Phi) is 5.19. The number of nitrogens with zero attached hydrogens (tertiary/aromatic N) is 2. The second-order valence-electron chi connectivity index (χ2n) is 3.05. The van der Waals surface area contributed by atoms with Crippen molar-refractivity contribution in [3.63, 3.8) is 0 Å². The van der Waals surface area contributed by atoms with E-state index in [1.807, 2.05) is 42.5 Å². The van der Waals surface area contributed by atoms with Gasteiger partial charge in [0.05, 0.1) is 11.2 Å². The minimum atomic E-state index is 0.832. The van der Waals surface area contributed by atoms with Crippen LogP contribution in [0.15, 0.2) is 47.7 Å². The van der Waals surface area contributed by atoms with Crippen molar-refractivity contribution >= 4 is 34.2 Å². The zero-order valence-corrected chi connectivity index (χ0v) is 10.3. The Balaban J connectivity index is 0.000000686. The zero-order chi connectivity index (χ0) is 12.7. The van der Waals surface area contributed by atoms with Crippen molar-refractivity contribution in [3.8, 4) is 0 Å². The monoisotopic (exact) mass is 246 g/mol. The number of fused-ring (bicyclic) bond motifs is 1. The first-order chi connectivity index (χ1) is 8.36. The van der Waals surface area contributed by atoms with Crippen molar-refractivity contribution in [3.05, 3.63) is 42.5 Å². The summed E-state index contributed by atoms with van der Waals surface area (Å²) in [6.07, 6.45) is 0. The van der Waals surface area contributed by atoms with E-state index in [4.69, 9.17) is 17.7 Å². The molecule has 17 heavy (non-hydrogen) atoms. The van der Waals surface area contributed by atoms with Gasteiger partial charge in [-0.25, -0.2) is 5.01 Å². The maximum atomic E-state index is 7.03. The molecule has 0 heterocycles. The van der Waals surface area contributed by atoms with Crippen LogP contribution in [-0.2, 0) is 0 Å². The highest BCUT2D eigenvalue weighted by molar-refractivity contribution is 7.79. The van der Waals surface area contributed by atoms with Crippen LogP contribution < -0.4 is 10.7 Å². The molecule has 0 aliphatic carbocycles. The van der Waals surface area contributed by atoms with Crippen LogP contribution in [0.2, 0.25) is 0 Å². The van der Waals surface area contributed by atoms with Gasteiger partial charge in [-0.05, 0) is 18.5 Å². The van der Waals surface area contributed by atoms with E-state index in [9.17, 15) is 0 Å². The van der Waals surface area contributed by atoms with E-state index < -0.39 is 0 Å². The summed E-state index contributed by atoms with van der Waals surface area (Å²) in [6.45, 7) is 0. The van der Waals surface area contributed by atoms with Gasteiger partial charge in [0.2, 0.25) is 0 Å². The highest BCUT2D eigenvalue weighted by Gasteiger charge is 2.05. The third kappa shape index (κ3) is 2.83. The number of hydrogen-bond donors (Lipinski definition) is 2. The van der Waals surface area contributed by atoms with E-state index in [1.54, 1.807) is 0 Å². The van der Waals surface area contributed by atoms with E-state index in [-0.39, 0.29) is 0 Å². The Morgan fingerprint density at radius 1 is 1.18 bits per heavy atom. The fourth-order valence-electron chi connectivity index (χ4n) is 1.54. The molecule has 0 unspecified atom stereocenters. The summed E-state index contributed by atoms with van der Waals surface area (Å²) in [4.78, 5) is 0. The van der Waals surface area contributed by atoms with E-state index in [1.165, 1.54) is 17.5 Å². The molecule has 0 aromatic heterocycles. The first-order valence-electron chi connectivity index (χ1n) is 5.04. The molecule has 0 saturated heterocycles. The average Bonchev–Trinajstić information content (AvgIpc) is 2.43. The van der Waals surface area contributed by atoms with Crippen LogP contribution in [0.4, 0.5) is 5.69 Å². The van der Waals surface area contributed by atoms with Gasteiger partial charge in [-0.2, -0.15) is 5.53 Å². The van der Waals surface area contributed by atoms with Crippen LogP contribution in [0, 0.1) is 5.53 Å².